The fourth-order valence-electron chi connectivity index (χ4n) is 2.03. The second-order valence-corrected chi connectivity index (χ2v) is 5.42. The van der Waals surface area contributed by atoms with Gasteiger partial charge in [0.15, 0.2) is 0 Å². The van der Waals surface area contributed by atoms with E-state index in [9.17, 15) is 4.39 Å². The van der Waals surface area contributed by atoms with Crippen molar-refractivity contribution in [1.82, 2.24) is 5.32 Å². The number of hydrogen-bond donors (Lipinski definition) is 1. The van der Waals surface area contributed by atoms with Crippen LogP contribution in [0.1, 0.15) is 18.5 Å². The Kier molecular flexibility index (Phi) is 5.85. The minimum atomic E-state index is -0.344. The smallest absolute Gasteiger partial charge is 0.129 e. The molecule has 0 bridgehead atoms. The fourth-order valence-corrected chi connectivity index (χ4v) is 2.36. The van der Waals surface area contributed by atoms with E-state index in [4.69, 9.17) is 27.9 Å². The molecule has 2 aromatic carbocycles. The molecule has 1 N–H and O–H groups in total. The normalized spacial score (nSPS) is 12.2. The Bertz CT molecular complexity index is 607. The van der Waals surface area contributed by atoms with E-state index in [1.807, 2.05) is 19.1 Å². The van der Waals surface area contributed by atoms with E-state index in [-0.39, 0.29) is 11.9 Å². The van der Waals surface area contributed by atoms with Gasteiger partial charge in [-0.2, -0.15) is 0 Å². The summed E-state index contributed by atoms with van der Waals surface area (Å²) in [5.41, 5.74) is 0.531. The third-order valence-electron chi connectivity index (χ3n) is 3.00. The number of ether oxygens (including phenoxy) is 1. The Hall–Kier alpha value is -1.29. The topological polar surface area (TPSA) is 21.3 Å². The van der Waals surface area contributed by atoms with Crippen LogP contribution in [-0.2, 0) is 0 Å². The average molecular weight is 328 g/mol. The first kappa shape index (κ1) is 16.1. The van der Waals surface area contributed by atoms with Gasteiger partial charge >= 0.3 is 0 Å². The summed E-state index contributed by atoms with van der Waals surface area (Å²) in [6, 6.07) is 11.5. The van der Waals surface area contributed by atoms with Crippen LogP contribution in [-0.4, -0.2) is 13.2 Å². The summed E-state index contributed by atoms with van der Waals surface area (Å²) in [4.78, 5) is 0. The van der Waals surface area contributed by atoms with E-state index in [0.717, 1.165) is 0 Å². The van der Waals surface area contributed by atoms with Gasteiger partial charge in [-0.05, 0) is 36.9 Å². The molecule has 1 unspecified atom stereocenters. The van der Waals surface area contributed by atoms with Gasteiger partial charge < -0.3 is 10.1 Å². The van der Waals surface area contributed by atoms with E-state index in [1.54, 1.807) is 24.3 Å². The van der Waals surface area contributed by atoms with E-state index < -0.39 is 0 Å². The maximum Gasteiger partial charge on any atom is 0.129 e. The van der Waals surface area contributed by atoms with Gasteiger partial charge in [-0.25, -0.2) is 4.39 Å². The van der Waals surface area contributed by atoms with Crippen LogP contribution in [0.25, 0.3) is 0 Å². The largest absolute Gasteiger partial charge is 0.492 e. The molecular weight excluding hydrogens is 312 g/mol. The van der Waals surface area contributed by atoms with Gasteiger partial charge in [0.05, 0.1) is 6.04 Å². The maximum absolute atomic E-state index is 14.0. The predicted octanol–water partition coefficient (Wildman–Crippen LogP) is 4.86. The third-order valence-corrected chi connectivity index (χ3v) is 3.47. The van der Waals surface area contributed by atoms with Crippen LogP contribution in [0.3, 0.4) is 0 Å². The maximum atomic E-state index is 14.0. The lowest BCUT2D eigenvalue weighted by Crippen LogP contribution is -2.27. The molecule has 0 saturated carbocycles. The highest BCUT2D eigenvalue weighted by atomic mass is 35.5. The molecule has 0 heterocycles. The molecule has 112 valence electrons. The lowest BCUT2D eigenvalue weighted by Gasteiger charge is -2.20. The first-order valence-corrected chi connectivity index (χ1v) is 7.42. The molecule has 2 nitrogen and oxygen atoms in total. The predicted molar refractivity (Wildman–Crippen MR) is 84.8 cm³/mol. The standard InChI is InChI=1S/C16H16Cl2FNO/c1-2-20-16(14-7-6-12(18)9-15(14)19)10-21-13-5-3-4-11(17)8-13/h3-9,16,20H,2,10H2,1H3. The molecule has 0 aliphatic rings. The van der Waals surface area contributed by atoms with Crippen molar-refractivity contribution < 1.29 is 9.13 Å². The minimum Gasteiger partial charge on any atom is -0.492 e. The zero-order chi connectivity index (χ0) is 15.2. The molecule has 5 heteroatoms. The molecule has 0 fully saturated rings. The molecule has 0 saturated heterocycles. The van der Waals surface area contributed by atoms with E-state index >= 15 is 0 Å². The van der Waals surface area contributed by atoms with Gasteiger partial charge in [0.2, 0.25) is 0 Å². The molecule has 0 aliphatic heterocycles. The highest BCUT2D eigenvalue weighted by molar-refractivity contribution is 6.30. The summed E-state index contributed by atoms with van der Waals surface area (Å²) in [6.07, 6.45) is 0. The summed E-state index contributed by atoms with van der Waals surface area (Å²) in [5, 5.41) is 4.18. The van der Waals surface area contributed by atoms with Gasteiger partial charge in [-0.15, -0.1) is 0 Å². The average Bonchev–Trinajstić information content (AvgIpc) is 2.44. The van der Waals surface area contributed by atoms with Crippen molar-refractivity contribution in [3.63, 3.8) is 0 Å². The number of halogens is 3. The summed E-state index contributed by atoms with van der Waals surface area (Å²) in [6.45, 7) is 2.96. The second-order valence-electron chi connectivity index (χ2n) is 4.54. The van der Waals surface area contributed by atoms with Gasteiger partial charge in [-0.3, -0.25) is 0 Å². The lowest BCUT2D eigenvalue weighted by atomic mass is 10.1. The van der Waals surface area contributed by atoms with E-state index in [0.29, 0.717) is 34.5 Å². The van der Waals surface area contributed by atoms with Crippen LogP contribution in [0.2, 0.25) is 10.0 Å². The molecule has 2 aromatic rings. The lowest BCUT2D eigenvalue weighted by molar-refractivity contribution is 0.265. The molecule has 0 spiro atoms. The molecule has 0 aliphatic carbocycles. The third kappa shape index (κ3) is 4.60. The Balaban J connectivity index is 2.12. The number of benzene rings is 2. The number of hydrogen-bond acceptors (Lipinski definition) is 2. The van der Waals surface area contributed by atoms with Crippen LogP contribution in [0.4, 0.5) is 4.39 Å². The molecule has 0 amide bonds. The molecule has 2 rings (SSSR count). The van der Waals surface area contributed by atoms with Crippen LogP contribution < -0.4 is 10.1 Å². The second kappa shape index (κ2) is 7.64. The Morgan fingerprint density at radius 1 is 1.14 bits per heavy atom. The first-order chi connectivity index (χ1) is 10.1. The fraction of sp³-hybridized carbons (Fsp3) is 0.250. The van der Waals surface area contributed by atoms with Crippen LogP contribution in [0.5, 0.6) is 5.75 Å². The van der Waals surface area contributed by atoms with Crippen molar-refractivity contribution in [3.05, 3.63) is 63.9 Å². The van der Waals surface area contributed by atoms with Crippen LogP contribution >= 0.6 is 23.2 Å². The highest BCUT2D eigenvalue weighted by Crippen LogP contribution is 2.23. The molecular formula is C16H16Cl2FNO. The van der Waals surface area contributed by atoms with Crippen molar-refractivity contribution >= 4 is 23.2 Å². The summed E-state index contributed by atoms with van der Waals surface area (Å²) in [5.74, 6) is 0.308. The zero-order valence-electron chi connectivity index (χ0n) is 11.6. The van der Waals surface area contributed by atoms with E-state index in [2.05, 4.69) is 5.32 Å². The SMILES string of the molecule is CCNC(COc1cccc(Cl)c1)c1ccc(Cl)cc1F. The first-order valence-electron chi connectivity index (χ1n) is 6.67. The molecule has 1 atom stereocenters. The summed E-state index contributed by atoms with van der Waals surface area (Å²) in [7, 11) is 0. The van der Waals surface area contributed by atoms with Crippen LogP contribution in [0, 0.1) is 5.82 Å². The Labute approximate surface area is 133 Å². The van der Waals surface area contributed by atoms with E-state index in [1.165, 1.54) is 6.07 Å². The number of rotatable bonds is 6. The van der Waals surface area contributed by atoms with Crippen molar-refractivity contribution in [2.75, 3.05) is 13.2 Å². The molecule has 0 aromatic heterocycles. The molecule has 21 heavy (non-hydrogen) atoms. The highest BCUT2D eigenvalue weighted by Gasteiger charge is 2.16. The van der Waals surface area contributed by atoms with Crippen molar-refractivity contribution in [2.45, 2.75) is 13.0 Å². The van der Waals surface area contributed by atoms with Gasteiger partial charge in [0.1, 0.15) is 18.2 Å². The summed E-state index contributed by atoms with van der Waals surface area (Å²) < 4.78 is 19.7. The quantitative estimate of drug-likeness (QED) is 0.817. The monoisotopic (exact) mass is 327 g/mol. The van der Waals surface area contributed by atoms with Gasteiger partial charge in [-0.1, -0.05) is 42.3 Å². The minimum absolute atomic E-state index is 0.258. The van der Waals surface area contributed by atoms with Crippen molar-refractivity contribution in [3.8, 4) is 5.75 Å². The Morgan fingerprint density at radius 2 is 1.90 bits per heavy atom. The van der Waals surface area contributed by atoms with Crippen LogP contribution in [0.15, 0.2) is 42.5 Å². The zero-order valence-corrected chi connectivity index (χ0v) is 13.1. The number of nitrogens with one attached hydrogen (secondary N) is 1. The van der Waals surface area contributed by atoms with Gasteiger partial charge in [0, 0.05) is 15.6 Å². The summed E-state index contributed by atoms with van der Waals surface area (Å²) >= 11 is 11.7. The van der Waals surface area contributed by atoms with Crippen molar-refractivity contribution in [2.24, 2.45) is 0 Å². The number of likely N-dealkylation sites (N-methyl/N-ethyl adjacent to an activating group) is 1. The Morgan fingerprint density at radius 3 is 2.57 bits per heavy atom. The molecule has 0 radical (unpaired) electrons. The van der Waals surface area contributed by atoms with Gasteiger partial charge in [0.25, 0.3) is 0 Å². The van der Waals surface area contributed by atoms with Crippen molar-refractivity contribution in [1.29, 1.82) is 0 Å².